The van der Waals surface area contributed by atoms with Gasteiger partial charge in [0.05, 0.1) is 23.8 Å². The molecule has 3 heterocycles. The first-order valence-electron chi connectivity index (χ1n) is 12.0. The number of carbonyl (C=O) groups excluding carboxylic acids is 1. The summed E-state index contributed by atoms with van der Waals surface area (Å²) in [5.74, 6) is 1.16. The molecule has 1 aliphatic heterocycles. The summed E-state index contributed by atoms with van der Waals surface area (Å²) < 4.78 is 7.62. The molecule has 0 unspecified atom stereocenters. The van der Waals surface area contributed by atoms with Crippen molar-refractivity contribution in [3.63, 3.8) is 0 Å². The van der Waals surface area contributed by atoms with Crippen molar-refractivity contribution in [3.05, 3.63) is 47.8 Å². The second kappa shape index (κ2) is 11.0. The number of rotatable bonds is 8. The average Bonchev–Trinajstić information content (AvgIpc) is 3.58. The van der Waals surface area contributed by atoms with E-state index >= 15 is 0 Å². The number of hydrogen-bond donors (Lipinski definition) is 1. The van der Waals surface area contributed by atoms with Gasteiger partial charge in [-0.05, 0) is 36.4 Å². The minimum absolute atomic E-state index is 0.0449. The number of morpholine rings is 1. The average molecular weight is 498 g/mol. The summed E-state index contributed by atoms with van der Waals surface area (Å²) in [5.41, 5.74) is 1.06. The molecule has 34 heavy (non-hydrogen) atoms. The zero-order valence-corrected chi connectivity index (χ0v) is 21.0. The van der Waals surface area contributed by atoms with Crippen molar-refractivity contribution < 1.29 is 9.53 Å². The van der Waals surface area contributed by atoms with E-state index in [4.69, 9.17) is 4.74 Å². The van der Waals surface area contributed by atoms with E-state index in [1.54, 1.807) is 11.3 Å². The smallest absolute Gasteiger partial charge is 0.230 e. The number of carbonyl (C=O) groups is 1. The van der Waals surface area contributed by atoms with Crippen molar-refractivity contribution in [1.29, 1.82) is 0 Å². The molecular formula is C25H31N5O2S2. The number of benzene rings is 1. The van der Waals surface area contributed by atoms with Crippen LogP contribution >= 0.6 is 23.1 Å². The van der Waals surface area contributed by atoms with E-state index in [2.05, 4.69) is 20.4 Å². The summed E-state index contributed by atoms with van der Waals surface area (Å²) in [6.07, 6.45) is 6.04. The maximum absolute atomic E-state index is 12.9. The molecule has 2 aromatic heterocycles. The van der Waals surface area contributed by atoms with E-state index in [1.165, 1.54) is 31.0 Å². The molecule has 1 amide bonds. The van der Waals surface area contributed by atoms with Crippen LogP contribution in [0.2, 0.25) is 0 Å². The summed E-state index contributed by atoms with van der Waals surface area (Å²) in [7, 11) is 0. The number of hydrogen-bond acceptors (Lipinski definition) is 7. The van der Waals surface area contributed by atoms with Gasteiger partial charge in [0.1, 0.15) is 0 Å². The highest BCUT2D eigenvalue weighted by Gasteiger charge is 2.38. The molecule has 9 heteroatoms. The number of thioether (sulfide) groups is 1. The number of ether oxygens (including phenoxy) is 1. The molecule has 7 nitrogen and oxygen atoms in total. The standard InChI is InChI=1S/C25H31N5O2S2/c31-22(26-19-25(11-5-2-6-12-25)29-13-15-32-16-14-29)18-34-24-28-27-23(21-10-7-17-33-21)30(24)20-8-3-1-4-9-20/h1,3-4,7-10,17H,2,5-6,11-16,18-19H2,(H,26,31). The second-order valence-electron chi connectivity index (χ2n) is 8.90. The quantitative estimate of drug-likeness (QED) is 0.470. The van der Waals surface area contributed by atoms with Crippen molar-refractivity contribution in [3.8, 4) is 16.4 Å². The summed E-state index contributed by atoms with van der Waals surface area (Å²) in [4.78, 5) is 16.5. The molecule has 1 aliphatic carbocycles. The minimum atomic E-state index is 0.0449. The van der Waals surface area contributed by atoms with Crippen LogP contribution in [0.4, 0.5) is 0 Å². The Morgan fingerprint density at radius 1 is 1.06 bits per heavy atom. The Balaban J connectivity index is 1.26. The molecule has 1 saturated carbocycles. The molecule has 1 saturated heterocycles. The SMILES string of the molecule is O=C(CSc1nnc(-c2cccs2)n1-c1ccccc1)NCC1(N2CCOCC2)CCCCC1. The van der Waals surface area contributed by atoms with E-state index < -0.39 is 0 Å². The first kappa shape index (κ1) is 23.5. The van der Waals surface area contributed by atoms with E-state index in [0.29, 0.717) is 12.3 Å². The highest BCUT2D eigenvalue weighted by Crippen LogP contribution is 2.34. The van der Waals surface area contributed by atoms with Crippen molar-refractivity contribution in [1.82, 2.24) is 25.0 Å². The molecule has 1 N–H and O–H groups in total. The highest BCUT2D eigenvalue weighted by molar-refractivity contribution is 7.99. The minimum Gasteiger partial charge on any atom is -0.379 e. The zero-order valence-electron chi connectivity index (χ0n) is 19.3. The molecule has 2 fully saturated rings. The second-order valence-corrected chi connectivity index (χ2v) is 10.8. The third-order valence-electron chi connectivity index (χ3n) is 6.80. The molecule has 2 aliphatic rings. The molecule has 180 valence electrons. The van der Waals surface area contributed by atoms with Gasteiger partial charge in [0.2, 0.25) is 5.91 Å². The predicted octanol–water partition coefficient (Wildman–Crippen LogP) is 4.24. The number of para-hydroxylation sites is 1. The first-order valence-corrected chi connectivity index (χ1v) is 13.9. The van der Waals surface area contributed by atoms with Crippen LogP contribution in [0.1, 0.15) is 32.1 Å². The lowest BCUT2D eigenvalue weighted by Gasteiger charge is -2.48. The lowest BCUT2D eigenvalue weighted by Crippen LogP contribution is -2.59. The summed E-state index contributed by atoms with van der Waals surface area (Å²) in [6.45, 7) is 4.19. The maximum atomic E-state index is 12.9. The van der Waals surface area contributed by atoms with Crippen LogP contribution in [0.3, 0.4) is 0 Å². The largest absolute Gasteiger partial charge is 0.379 e. The van der Waals surface area contributed by atoms with Crippen LogP contribution in [-0.4, -0.2) is 69.7 Å². The summed E-state index contributed by atoms with van der Waals surface area (Å²) in [5, 5.41) is 14.9. The van der Waals surface area contributed by atoms with Crippen molar-refractivity contribution in [2.45, 2.75) is 42.8 Å². The van der Waals surface area contributed by atoms with E-state index in [-0.39, 0.29) is 11.4 Å². The third kappa shape index (κ3) is 5.22. The molecule has 0 radical (unpaired) electrons. The fraction of sp³-hybridized carbons (Fsp3) is 0.480. The zero-order chi connectivity index (χ0) is 23.2. The summed E-state index contributed by atoms with van der Waals surface area (Å²) in [6, 6.07) is 14.1. The number of aromatic nitrogens is 3. The van der Waals surface area contributed by atoms with Crippen molar-refractivity contribution in [2.75, 3.05) is 38.6 Å². The van der Waals surface area contributed by atoms with Gasteiger partial charge in [0.15, 0.2) is 11.0 Å². The van der Waals surface area contributed by atoms with Gasteiger partial charge in [0.25, 0.3) is 0 Å². The van der Waals surface area contributed by atoms with Gasteiger partial charge in [-0.2, -0.15) is 0 Å². The van der Waals surface area contributed by atoms with Crippen LogP contribution in [0.25, 0.3) is 16.4 Å². The van der Waals surface area contributed by atoms with Gasteiger partial charge in [-0.3, -0.25) is 14.3 Å². The molecule has 1 aromatic carbocycles. The van der Waals surface area contributed by atoms with Gasteiger partial charge in [-0.1, -0.05) is 55.3 Å². The predicted molar refractivity (Wildman–Crippen MR) is 137 cm³/mol. The third-order valence-corrected chi connectivity index (χ3v) is 8.60. The van der Waals surface area contributed by atoms with Gasteiger partial charge in [-0.25, -0.2) is 0 Å². The normalized spacial score (nSPS) is 18.6. The Morgan fingerprint density at radius 2 is 1.85 bits per heavy atom. The number of amides is 1. The lowest BCUT2D eigenvalue weighted by atomic mass is 9.79. The Morgan fingerprint density at radius 3 is 2.59 bits per heavy atom. The van der Waals surface area contributed by atoms with Crippen molar-refractivity contribution in [2.24, 2.45) is 0 Å². The number of nitrogens with zero attached hydrogens (tertiary/aromatic N) is 4. The number of thiophene rings is 1. The van der Waals surface area contributed by atoms with E-state index in [9.17, 15) is 4.79 Å². The van der Waals surface area contributed by atoms with Gasteiger partial charge < -0.3 is 10.1 Å². The summed E-state index contributed by atoms with van der Waals surface area (Å²) >= 11 is 3.07. The molecule has 3 aromatic rings. The fourth-order valence-electron chi connectivity index (χ4n) is 5.04. The van der Waals surface area contributed by atoms with Gasteiger partial charge >= 0.3 is 0 Å². The van der Waals surface area contributed by atoms with Crippen LogP contribution in [0.5, 0.6) is 0 Å². The van der Waals surface area contributed by atoms with E-state index in [1.807, 2.05) is 52.4 Å². The molecule has 5 rings (SSSR count). The van der Waals surface area contributed by atoms with E-state index in [0.717, 1.165) is 60.7 Å². The fourth-order valence-corrected chi connectivity index (χ4v) is 6.52. The first-order chi connectivity index (χ1) is 16.8. The molecular weight excluding hydrogens is 466 g/mol. The highest BCUT2D eigenvalue weighted by atomic mass is 32.2. The van der Waals surface area contributed by atoms with Crippen molar-refractivity contribution >= 4 is 29.0 Å². The Kier molecular flexibility index (Phi) is 7.63. The Hall–Kier alpha value is -2.20. The van der Waals surface area contributed by atoms with Crippen LogP contribution in [-0.2, 0) is 9.53 Å². The van der Waals surface area contributed by atoms with Gasteiger partial charge in [-0.15, -0.1) is 21.5 Å². The maximum Gasteiger partial charge on any atom is 0.230 e. The van der Waals surface area contributed by atoms with Crippen LogP contribution in [0.15, 0.2) is 53.0 Å². The Bertz CT molecular complexity index is 1060. The van der Waals surface area contributed by atoms with Crippen LogP contribution < -0.4 is 5.32 Å². The molecule has 0 atom stereocenters. The topological polar surface area (TPSA) is 72.3 Å². The lowest BCUT2D eigenvalue weighted by molar-refractivity contribution is -0.119. The van der Waals surface area contributed by atoms with Gasteiger partial charge in [0, 0.05) is 30.9 Å². The monoisotopic (exact) mass is 497 g/mol. The number of nitrogens with one attached hydrogen (secondary N) is 1. The Labute approximate surface area is 208 Å². The van der Waals surface area contributed by atoms with Crippen LogP contribution in [0, 0.1) is 0 Å². The molecule has 0 bridgehead atoms. The molecule has 0 spiro atoms.